The zero-order chi connectivity index (χ0) is 17.1. The molecule has 0 saturated carbocycles. The maximum absolute atomic E-state index is 12.8. The fraction of sp³-hybridized carbons (Fsp3) is 0.222. The lowest BCUT2D eigenvalue weighted by Crippen LogP contribution is -2.54. The Morgan fingerprint density at radius 2 is 0.957 bits per heavy atom. The van der Waals surface area contributed by atoms with Gasteiger partial charge in [-0.1, -0.05) is 60.7 Å². The Bertz CT molecular complexity index is 633. The SMILES string of the molecule is C[Si](C)(O[Si](C)(C)C(=O)c1ccccc1)C(=O)c1ccccc1. The molecule has 2 aromatic carbocycles. The number of carbonyl (C=O) groups is 2. The fourth-order valence-electron chi connectivity index (χ4n) is 2.60. The smallest absolute Gasteiger partial charge is 0.254 e. The van der Waals surface area contributed by atoms with Crippen LogP contribution in [0.3, 0.4) is 0 Å². The van der Waals surface area contributed by atoms with Gasteiger partial charge in [-0.15, -0.1) is 0 Å². The van der Waals surface area contributed by atoms with Gasteiger partial charge in [-0.3, -0.25) is 9.59 Å². The molecule has 0 N–H and O–H groups in total. The molecule has 0 bridgehead atoms. The van der Waals surface area contributed by atoms with Crippen LogP contribution in [0, 0.1) is 0 Å². The van der Waals surface area contributed by atoms with Gasteiger partial charge in [0.05, 0.1) is 0 Å². The van der Waals surface area contributed by atoms with E-state index < -0.39 is 16.6 Å². The largest absolute Gasteiger partial charge is 0.445 e. The van der Waals surface area contributed by atoms with Crippen LogP contribution in [0.4, 0.5) is 0 Å². The van der Waals surface area contributed by atoms with Gasteiger partial charge >= 0.3 is 0 Å². The summed E-state index contributed by atoms with van der Waals surface area (Å²) in [6, 6.07) is 18.3. The third kappa shape index (κ3) is 4.13. The molecule has 0 fully saturated rings. The second kappa shape index (κ2) is 6.74. The standard InChI is InChI=1S/C18H22O3Si2/c1-22(2,17(19)15-11-7-5-8-12-15)21-23(3,4)18(20)16-13-9-6-10-14-16/h5-14H,1-4H3. The van der Waals surface area contributed by atoms with Crippen LogP contribution in [-0.2, 0) is 4.12 Å². The van der Waals surface area contributed by atoms with Gasteiger partial charge < -0.3 is 4.12 Å². The van der Waals surface area contributed by atoms with Crippen LogP contribution in [-0.4, -0.2) is 27.4 Å². The summed E-state index contributed by atoms with van der Waals surface area (Å²) in [6.45, 7) is 7.48. The molecule has 0 aliphatic rings. The monoisotopic (exact) mass is 342 g/mol. The summed E-state index contributed by atoms with van der Waals surface area (Å²) >= 11 is 0. The molecule has 0 unspecified atom stereocenters. The van der Waals surface area contributed by atoms with Gasteiger partial charge in [-0.05, 0) is 26.2 Å². The average molecular weight is 343 g/mol. The minimum Gasteiger partial charge on any atom is -0.445 e. The highest BCUT2D eigenvalue weighted by atomic mass is 28.4. The fourth-order valence-corrected chi connectivity index (χ4v) is 10.2. The predicted octanol–water partition coefficient (Wildman–Crippen LogP) is 4.26. The topological polar surface area (TPSA) is 43.4 Å². The van der Waals surface area contributed by atoms with Gasteiger partial charge in [0.25, 0.3) is 16.6 Å². The van der Waals surface area contributed by atoms with E-state index in [9.17, 15) is 9.59 Å². The van der Waals surface area contributed by atoms with Crippen molar-refractivity contribution in [3.05, 3.63) is 71.8 Å². The van der Waals surface area contributed by atoms with E-state index in [2.05, 4.69) is 0 Å². The molecule has 120 valence electrons. The summed E-state index contributed by atoms with van der Waals surface area (Å²) in [7, 11) is -5.35. The lowest BCUT2D eigenvalue weighted by Gasteiger charge is -2.31. The molecular weight excluding hydrogens is 320 g/mol. The van der Waals surface area contributed by atoms with Crippen LogP contribution < -0.4 is 0 Å². The van der Waals surface area contributed by atoms with Crippen LogP contribution >= 0.6 is 0 Å². The van der Waals surface area contributed by atoms with Crippen LogP contribution in [0.1, 0.15) is 20.7 Å². The molecule has 3 nitrogen and oxygen atoms in total. The van der Waals surface area contributed by atoms with Gasteiger partial charge in [0.2, 0.25) is 0 Å². The molecule has 0 saturated heterocycles. The highest BCUT2D eigenvalue weighted by Crippen LogP contribution is 2.22. The average Bonchev–Trinajstić information content (AvgIpc) is 2.54. The third-order valence-electron chi connectivity index (χ3n) is 3.68. The molecule has 2 rings (SSSR count). The van der Waals surface area contributed by atoms with Crippen molar-refractivity contribution >= 4 is 27.4 Å². The predicted molar refractivity (Wildman–Crippen MR) is 97.6 cm³/mol. The van der Waals surface area contributed by atoms with Gasteiger partial charge in [-0.2, -0.15) is 0 Å². The van der Waals surface area contributed by atoms with E-state index in [0.717, 1.165) is 0 Å². The van der Waals surface area contributed by atoms with Crippen LogP contribution in [0.2, 0.25) is 26.2 Å². The Morgan fingerprint density at radius 1 is 0.652 bits per heavy atom. The van der Waals surface area contributed by atoms with Crippen molar-refractivity contribution in [3.63, 3.8) is 0 Å². The van der Waals surface area contributed by atoms with Crippen LogP contribution in [0.5, 0.6) is 0 Å². The maximum atomic E-state index is 12.8. The lowest BCUT2D eigenvalue weighted by atomic mass is 10.2. The Labute approximate surface area is 139 Å². The van der Waals surface area contributed by atoms with Crippen molar-refractivity contribution in [1.29, 1.82) is 0 Å². The number of carbonyl (C=O) groups excluding carboxylic acids is 2. The third-order valence-corrected chi connectivity index (χ3v) is 10.5. The minimum atomic E-state index is -2.68. The number of rotatable bonds is 6. The zero-order valence-electron chi connectivity index (χ0n) is 14.0. The van der Waals surface area contributed by atoms with Crippen molar-refractivity contribution in [3.8, 4) is 0 Å². The summed E-state index contributed by atoms with van der Waals surface area (Å²) in [5, 5.41) is 0.0547. The molecule has 0 heterocycles. The van der Waals surface area contributed by atoms with E-state index in [0.29, 0.717) is 11.1 Å². The van der Waals surface area contributed by atoms with E-state index in [-0.39, 0.29) is 10.8 Å². The van der Waals surface area contributed by atoms with E-state index in [4.69, 9.17) is 4.12 Å². The van der Waals surface area contributed by atoms with E-state index in [1.807, 2.05) is 62.6 Å². The summed E-state index contributed by atoms with van der Waals surface area (Å²) in [6.07, 6.45) is 0. The minimum absolute atomic E-state index is 0.0273. The maximum Gasteiger partial charge on any atom is 0.254 e. The number of hydrogen-bond acceptors (Lipinski definition) is 3. The Hall–Kier alpha value is -1.83. The number of benzene rings is 2. The van der Waals surface area contributed by atoms with Crippen molar-refractivity contribution in [2.75, 3.05) is 0 Å². The van der Waals surface area contributed by atoms with E-state index >= 15 is 0 Å². The van der Waals surface area contributed by atoms with E-state index in [1.165, 1.54) is 0 Å². The van der Waals surface area contributed by atoms with Gasteiger partial charge in [-0.25, -0.2) is 0 Å². The first-order valence-corrected chi connectivity index (χ1v) is 13.5. The quantitative estimate of drug-likeness (QED) is 0.737. The van der Waals surface area contributed by atoms with Crippen molar-refractivity contribution in [2.24, 2.45) is 0 Å². The van der Waals surface area contributed by atoms with Gasteiger partial charge in [0.1, 0.15) is 0 Å². The second-order valence-electron chi connectivity index (χ2n) is 6.51. The first kappa shape index (κ1) is 17.5. The molecule has 0 atom stereocenters. The Balaban J connectivity index is 2.21. The van der Waals surface area contributed by atoms with Gasteiger partial charge in [0.15, 0.2) is 10.8 Å². The zero-order valence-corrected chi connectivity index (χ0v) is 16.0. The molecule has 2 aromatic rings. The highest BCUT2D eigenvalue weighted by Gasteiger charge is 2.43. The molecular formula is C18H22O3Si2. The second-order valence-corrected chi connectivity index (χ2v) is 14.3. The number of hydrogen-bond donors (Lipinski definition) is 0. The molecule has 0 amide bonds. The molecule has 0 spiro atoms. The Morgan fingerprint density at radius 3 is 1.26 bits per heavy atom. The van der Waals surface area contributed by atoms with Crippen LogP contribution in [0.25, 0.3) is 0 Å². The summed E-state index contributed by atoms with van der Waals surface area (Å²) < 4.78 is 6.24. The summed E-state index contributed by atoms with van der Waals surface area (Å²) in [4.78, 5) is 25.5. The summed E-state index contributed by atoms with van der Waals surface area (Å²) in [5.41, 5.74) is 1.31. The normalized spacial score (nSPS) is 12.0. The molecule has 0 aromatic heterocycles. The molecule has 23 heavy (non-hydrogen) atoms. The first-order valence-electron chi connectivity index (χ1n) is 7.64. The van der Waals surface area contributed by atoms with Crippen molar-refractivity contribution < 1.29 is 13.7 Å². The van der Waals surface area contributed by atoms with Crippen LogP contribution in [0.15, 0.2) is 60.7 Å². The molecule has 0 aliphatic carbocycles. The molecule has 0 aliphatic heterocycles. The Kier molecular flexibility index (Phi) is 5.14. The van der Waals surface area contributed by atoms with Crippen molar-refractivity contribution in [1.82, 2.24) is 0 Å². The van der Waals surface area contributed by atoms with E-state index in [1.54, 1.807) is 24.3 Å². The summed E-state index contributed by atoms with van der Waals surface area (Å²) in [5.74, 6) is 0. The first-order chi connectivity index (χ1) is 10.7. The molecule has 0 radical (unpaired) electrons. The molecule has 5 heteroatoms. The van der Waals surface area contributed by atoms with Gasteiger partial charge in [0, 0.05) is 11.1 Å². The van der Waals surface area contributed by atoms with Crippen molar-refractivity contribution in [2.45, 2.75) is 26.2 Å². The lowest BCUT2D eigenvalue weighted by molar-refractivity contribution is 0.104. The highest BCUT2D eigenvalue weighted by molar-refractivity contribution is 7.12.